The van der Waals surface area contributed by atoms with Gasteiger partial charge in [-0.25, -0.2) is 0 Å². The first-order chi connectivity index (χ1) is 7.72. The molecule has 0 heterocycles. The van der Waals surface area contributed by atoms with E-state index >= 15 is 0 Å². The van der Waals surface area contributed by atoms with Gasteiger partial charge in [0.15, 0.2) is 0 Å². The summed E-state index contributed by atoms with van der Waals surface area (Å²) in [6.45, 7) is 0. The molecule has 0 unspecified atom stereocenters. The number of carbonyl (C=O) groups is 1. The van der Waals surface area contributed by atoms with Crippen molar-refractivity contribution in [1.82, 2.24) is 0 Å². The fourth-order valence-corrected chi connectivity index (χ4v) is 1.96. The molecule has 0 aliphatic rings. The second kappa shape index (κ2) is 6.03. The first-order valence-corrected chi connectivity index (χ1v) is 5.48. The second-order valence-electron chi connectivity index (χ2n) is 2.81. The van der Waals surface area contributed by atoms with Gasteiger partial charge in [-0.3, -0.25) is 4.79 Å². The molecule has 0 bridgehead atoms. The summed E-state index contributed by atoms with van der Waals surface area (Å²) in [5.74, 6) is 0.368. The first-order valence-electron chi connectivity index (χ1n) is 4.49. The molecule has 16 heavy (non-hydrogen) atoms. The number of methoxy groups -OCH3 is 2. The smallest absolute Gasteiger partial charge is 0.315 e. The number of carbonyl (C=O) groups excluding carboxylic acids is 1. The van der Waals surface area contributed by atoms with Gasteiger partial charge in [0.05, 0.1) is 20.0 Å². The molecule has 0 saturated heterocycles. The minimum absolute atomic E-state index is 0.179. The van der Waals surface area contributed by atoms with Crippen molar-refractivity contribution in [3.63, 3.8) is 0 Å². The highest BCUT2D eigenvalue weighted by atomic mass is 32.2. The SMILES string of the molecule is COC(=O)CSc1cccc(OC)c1C#N. The van der Waals surface area contributed by atoms with E-state index in [1.807, 2.05) is 0 Å². The normalized spacial score (nSPS) is 9.31. The number of hydrogen-bond donors (Lipinski definition) is 0. The molecule has 0 atom stereocenters. The lowest BCUT2D eigenvalue weighted by Gasteiger charge is -2.07. The topological polar surface area (TPSA) is 59.3 Å². The van der Waals surface area contributed by atoms with Crippen LogP contribution in [-0.4, -0.2) is 25.9 Å². The standard InChI is InChI=1S/C11H11NO3S/c1-14-9-4-3-5-10(8(9)6-12)16-7-11(13)15-2/h3-5H,7H2,1-2H3. The van der Waals surface area contributed by atoms with Crippen molar-refractivity contribution in [2.24, 2.45) is 0 Å². The quantitative estimate of drug-likeness (QED) is 0.590. The maximum Gasteiger partial charge on any atom is 0.315 e. The fourth-order valence-electron chi connectivity index (χ4n) is 1.11. The first kappa shape index (κ1) is 12.4. The highest BCUT2D eigenvalue weighted by molar-refractivity contribution is 8.00. The summed E-state index contributed by atoms with van der Waals surface area (Å²) < 4.78 is 9.59. The van der Waals surface area contributed by atoms with Crippen LogP contribution in [-0.2, 0) is 9.53 Å². The van der Waals surface area contributed by atoms with Crippen molar-refractivity contribution >= 4 is 17.7 Å². The Balaban J connectivity index is 2.88. The molecule has 0 saturated carbocycles. The van der Waals surface area contributed by atoms with Crippen LogP contribution in [0.4, 0.5) is 0 Å². The zero-order valence-electron chi connectivity index (χ0n) is 9.02. The Morgan fingerprint density at radius 2 is 2.25 bits per heavy atom. The fraction of sp³-hybridized carbons (Fsp3) is 0.273. The van der Waals surface area contributed by atoms with Crippen LogP contribution in [0.1, 0.15) is 5.56 Å². The van der Waals surface area contributed by atoms with Crippen LogP contribution in [0.3, 0.4) is 0 Å². The van der Waals surface area contributed by atoms with Gasteiger partial charge in [-0.2, -0.15) is 5.26 Å². The van der Waals surface area contributed by atoms with E-state index in [0.717, 1.165) is 0 Å². The highest BCUT2D eigenvalue weighted by Gasteiger charge is 2.10. The molecule has 0 aliphatic heterocycles. The van der Waals surface area contributed by atoms with E-state index in [1.165, 1.54) is 26.0 Å². The van der Waals surface area contributed by atoms with Crippen LogP contribution >= 0.6 is 11.8 Å². The minimum atomic E-state index is -0.322. The number of rotatable bonds is 4. The van der Waals surface area contributed by atoms with Gasteiger partial charge in [0.1, 0.15) is 17.4 Å². The minimum Gasteiger partial charge on any atom is -0.495 e. The summed E-state index contributed by atoms with van der Waals surface area (Å²) in [4.78, 5) is 11.7. The molecule has 84 valence electrons. The molecule has 0 spiro atoms. The predicted molar refractivity (Wildman–Crippen MR) is 60.4 cm³/mol. The summed E-state index contributed by atoms with van der Waals surface area (Å²) in [6.07, 6.45) is 0. The molecule has 0 fully saturated rings. The van der Waals surface area contributed by atoms with Crippen LogP contribution in [0, 0.1) is 11.3 Å². The van der Waals surface area contributed by atoms with Crippen molar-refractivity contribution in [3.8, 4) is 11.8 Å². The van der Waals surface area contributed by atoms with Crippen molar-refractivity contribution < 1.29 is 14.3 Å². The van der Waals surface area contributed by atoms with E-state index in [-0.39, 0.29) is 11.7 Å². The van der Waals surface area contributed by atoms with E-state index in [9.17, 15) is 4.79 Å². The highest BCUT2D eigenvalue weighted by Crippen LogP contribution is 2.29. The van der Waals surface area contributed by atoms with E-state index in [1.54, 1.807) is 18.2 Å². The van der Waals surface area contributed by atoms with Gasteiger partial charge >= 0.3 is 5.97 Å². The van der Waals surface area contributed by atoms with Crippen molar-refractivity contribution in [3.05, 3.63) is 23.8 Å². The Bertz CT molecular complexity index is 426. The van der Waals surface area contributed by atoms with Crippen LogP contribution in [0.15, 0.2) is 23.1 Å². The van der Waals surface area contributed by atoms with E-state index in [4.69, 9.17) is 10.00 Å². The van der Waals surface area contributed by atoms with Crippen LogP contribution < -0.4 is 4.74 Å². The molecule has 0 radical (unpaired) electrons. The molecule has 0 aliphatic carbocycles. The Hall–Kier alpha value is -1.67. The number of nitrogens with zero attached hydrogens (tertiary/aromatic N) is 1. The zero-order valence-corrected chi connectivity index (χ0v) is 9.84. The number of ether oxygens (including phenoxy) is 2. The Morgan fingerprint density at radius 3 is 2.81 bits per heavy atom. The lowest BCUT2D eigenvalue weighted by Crippen LogP contribution is -2.03. The van der Waals surface area contributed by atoms with Crippen molar-refractivity contribution in [1.29, 1.82) is 5.26 Å². The number of nitriles is 1. The average molecular weight is 237 g/mol. The number of benzene rings is 1. The molecule has 5 heteroatoms. The van der Waals surface area contributed by atoms with Crippen LogP contribution in [0.2, 0.25) is 0 Å². The van der Waals surface area contributed by atoms with Crippen molar-refractivity contribution in [2.75, 3.05) is 20.0 Å². The van der Waals surface area contributed by atoms with Gasteiger partial charge in [-0.1, -0.05) is 6.07 Å². The second-order valence-corrected chi connectivity index (χ2v) is 3.83. The third kappa shape index (κ3) is 2.91. The van der Waals surface area contributed by atoms with Crippen LogP contribution in [0.25, 0.3) is 0 Å². The monoisotopic (exact) mass is 237 g/mol. The van der Waals surface area contributed by atoms with Gasteiger partial charge in [-0.15, -0.1) is 11.8 Å². The van der Waals surface area contributed by atoms with Crippen molar-refractivity contribution in [2.45, 2.75) is 4.90 Å². The molecule has 1 aromatic carbocycles. The van der Waals surface area contributed by atoms with E-state index in [0.29, 0.717) is 16.2 Å². The molecular weight excluding hydrogens is 226 g/mol. The third-order valence-corrected chi connectivity index (χ3v) is 2.92. The Morgan fingerprint density at radius 1 is 1.50 bits per heavy atom. The predicted octanol–water partition coefficient (Wildman–Crippen LogP) is 1.83. The summed E-state index contributed by atoms with van der Waals surface area (Å²) in [7, 11) is 2.84. The largest absolute Gasteiger partial charge is 0.495 e. The summed E-state index contributed by atoms with van der Waals surface area (Å²) in [6, 6.07) is 7.32. The van der Waals surface area contributed by atoms with E-state index in [2.05, 4.69) is 10.8 Å². The zero-order chi connectivity index (χ0) is 12.0. The number of thioether (sulfide) groups is 1. The van der Waals surface area contributed by atoms with Gasteiger partial charge in [0.2, 0.25) is 0 Å². The molecule has 0 N–H and O–H groups in total. The number of esters is 1. The van der Waals surface area contributed by atoms with Gasteiger partial charge < -0.3 is 9.47 Å². The molecule has 1 aromatic rings. The molecule has 0 aromatic heterocycles. The lowest BCUT2D eigenvalue weighted by atomic mass is 10.2. The molecule has 1 rings (SSSR count). The summed E-state index contributed by atoms with van der Waals surface area (Å²) in [5.41, 5.74) is 0.443. The van der Waals surface area contributed by atoms with Crippen LogP contribution in [0.5, 0.6) is 5.75 Å². The number of hydrogen-bond acceptors (Lipinski definition) is 5. The maximum absolute atomic E-state index is 11.0. The van der Waals surface area contributed by atoms with Gasteiger partial charge in [-0.05, 0) is 12.1 Å². The lowest BCUT2D eigenvalue weighted by molar-refractivity contribution is -0.137. The van der Waals surface area contributed by atoms with E-state index < -0.39 is 0 Å². The molecule has 4 nitrogen and oxygen atoms in total. The summed E-state index contributed by atoms with van der Waals surface area (Å²) in [5, 5.41) is 8.99. The Labute approximate surface area is 98.2 Å². The summed E-state index contributed by atoms with van der Waals surface area (Å²) >= 11 is 1.26. The third-order valence-electron chi connectivity index (χ3n) is 1.89. The molecular formula is C11H11NO3S. The maximum atomic E-state index is 11.0. The van der Waals surface area contributed by atoms with Gasteiger partial charge in [0, 0.05) is 4.90 Å². The Kier molecular flexibility index (Phi) is 4.67. The van der Waals surface area contributed by atoms with Gasteiger partial charge in [0.25, 0.3) is 0 Å². The average Bonchev–Trinajstić information content (AvgIpc) is 2.34. The molecule has 0 amide bonds.